The molecule has 0 aromatic carbocycles. The van der Waals surface area contributed by atoms with Crippen LogP contribution >= 0.6 is 0 Å². The van der Waals surface area contributed by atoms with Gasteiger partial charge in [-0.1, -0.05) is 289 Å². The number of allylic oxidation sites excluding steroid dienone is 3. The molecule has 0 saturated heterocycles. The van der Waals surface area contributed by atoms with Crippen LogP contribution in [-0.4, -0.2) is 46.1 Å². The number of nitrogens with one attached hydrogen (secondary N) is 1. The minimum atomic E-state index is -0.950. The van der Waals surface area contributed by atoms with Crippen LogP contribution in [0.5, 0.6) is 0 Å². The van der Waals surface area contributed by atoms with Gasteiger partial charge in [0.15, 0.2) is 0 Å². The van der Waals surface area contributed by atoms with Crippen LogP contribution < -0.4 is 5.32 Å². The van der Waals surface area contributed by atoms with Gasteiger partial charge in [-0.15, -0.1) is 0 Å². The van der Waals surface area contributed by atoms with E-state index in [-0.39, 0.29) is 18.9 Å². The van der Waals surface area contributed by atoms with Crippen LogP contribution in [0.25, 0.3) is 0 Å². The molecule has 0 aliphatic heterocycles. The van der Waals surface area contributed by atoms with Gasteiger partial charge in [-0.2, -0.15) is 0 Å². The van der Waals surface area contributed by atoms with Crippen LogP contribution in [0, 0.1) is 0 Å². The summed E-state index contributed by atoms with van der Waals surface area (Å²) in [6.07, 6.45) is 65.1. The van der Waals surface area contributed by atoms with Gasteiger partial charge in [-0.25, -0.2) is 0 Å². The van der Waals surface area contributed by atoms with E-state index in [1.165, 1.54) is 244 Å². The quantitative estimate of drug-likeness (QED) is 0.0362. The average molecular weight is 860 g/mol. The molecule has 0 bridgehead atoms. The van der Waals surface area contributed by atoms with E-state index in [1.54, 1.807) is 6.08 Å². The first-order valence-electron chi connectivity index (χ1n) is 27.6. The number of unbranched alkanes of at least 4 members (excludes halogenated alkanes) is 40. The summed E-state index contributed by atoms with van der Waals surface area (Å²) in [5.41, 5.74) is 0. The van der Waals surface area contributed by atoms with Crippen molar-refractivity contribution in [2.75, 3.05) is 6.61 Å². The zero-order chi connectivity index (χ0) is 44.4. The van der Waals surface area contributed by atoms with E-state index >= 15 is 0 Å². The Balaban J connectivity index is 3.57. The van der Waals surface area contributed by atoms with Crippen molar-refractivity contribution in [3.05, 3.63) is 24.3 Å². The Labute approximate surface area is 382 Å². The molecule has 0 aromatic rings. The lowest BCUT2D eigenvalue weighted by atomic mass is 10.0. The number of carbonyl (C=O) groups is 1. The molecule has 4 N–H and O–H groups in total. The van der Waals surface area contributed by atoms with E-state index in [0.717, 1.165) is 32.1 Å². The van der Waals surface area contributed by atoms with Crippen LogP contribution in [0.15, 0.2) is 24.3 Å². The highest BCUT2D eigenvalue weighted by molar-refractivity contribution is 5.76. The Kier molecular flexibility index (Phi) is 50.5. The Bertz CT molecular complexity index is 905. The number of hydrogen-bond donors (Lipinski definition) is 4. The molecular weight excluding hydrogens is 751 g/mol. The van der Waals surface area contributed by atoms with E-state index in [2.05, 4.69) is 31.3 Å². The fraction of sp³-hybridized carbons (Fsp3) is 0.911. The summed E-state index contributed by atoms with van der Waals surface area (Å²) in [6.45, 7) is 4.24. The van der Waals surface area contributed by atoms with Gasteiger partial charge in [0, 0.05) is 0 Å². The van der Waals surface area contributed by atoms with Crippen molar-refractivity contribution in [1.29, 1.82) is 0 Å². The maximum absolute atomic E-state index is 12.5. The summed E-state index contributed by atoms with van der Waals surface area (Å²) < 4.78 is 0. The zero-order valence-electron chi connectivity index (χ0n) is 41.3. The van der Waals surface area contributed by atoms with Crippen molar-refractivity contribution in [1.82, 2.24) is 5.32 Å². The van der Waals surface area contributed by atoms with Gasteiger partial charge >= 0.3 is 0 Å². The monoisotopic (exact) mass is 860 g/mol. The highest BCUT2D eigenvalue weighted by atomic mass is 16.3. The first-order chi connectivity index (χ1) is 30.0. The average Bonchev–Trinajstić information content (AvgIpc) is 3.25. The third-order valence-electron chi connectivity index (χ3n) is 13.0. The van der Waals surface area contributed by atoms with Crippen LogP contribution in [-0.2, 0) is 4.79 Å². The van der Waals surface area contributed by atoms with Crippen molar-refractivity contribution in [2.24, 2.45) is 0 Å². The van der Waals surface area contributed by atoms with Gasteiger partial charge in [0.2, 0.25) is 5.91 Å². The lowest BCUT2D eigenvalue weighted by Gasteiger charge is -2.21. The molecule has 0 spiro atoms. The van der Waals surface area contributed by atoms with Crippen LogP contribution in [0.1, 0.15) is 303 Å². The Morgan fingerprint density at radius 2 is 0.705 bits per heavy atom. The van der Waals surface area contributed by atoms with Crippen molar-refractivity contribution in [3.8, 4) is 0 Å². The van der Waals surface area contributed by atoms with Crippen LogP contribution in [0.2, 0.25) is 0 Å². The molecule has 0 saturated carbocycles. The zero-order valence-corrected chi connectivity index (χ0v) is 41.3. The Hall–Kier alpha value is -1.17. The molecule has 61 heavy (non-hydrogen) atoms. The van der Waals surface area contributed by atoms with E-state index < -0.39 is 18.2 Å². The molecule has 5 heteroatoms. The highest BCUT2D eigenvalue weighted by Gasteiger charge is 2.20. The van der Waals surface area contributed by atoms with E-state index in [4.69, 9.17) is 0 Å². The van der Waals surface area contributed by atoms with Gasteiger partial charge in [0.1, 0.15) is 0 Å². The SMILES string of the molecule is CCCCCCCCCCCCCCCC/C=C/CC/C=C/C(O)C(CO)NC(=O)CC(O)CCCCCCCCCCCCCCCCCCCCCCCCCCCC. The largest absolute Gasteiger partial charge is 0.394 e. The van der Waals surface area contributed by atoms with Crippen LogP contribution in [0.4, 0.5) is 0 Å². The summed E-state index contributed by atoms with van der Waals surface area (Å²) in [6, 6.07) is -0.759. The molecule has 0 aliphatic rings. The standard InChI is InChI=1S/C56H109NO4/c1-3-5-7-9-11-13-15-17-19-21-23-25-26-27-28-29-30-31-33-35-37-39-41-43-45-47-49-53(59)51-56(61)57-54(52-58)55(60)50-48-46-44-42-40-38-36-34-32-24-22-20-18-16-14-12-10-8-6-4-2/h40,42,48,50,53-55,58-60H,3-39,41,43-47,49,51-52H2,1-2H3,(H,57,61)/b42-40+,50-48+. The molecule has 0 aliphatic carbocycles. The fourth-order valence-corrected chi connectivity index (χ4v) is 8.77. The maximum Gasteiger partial charge on any atom is 0.222 e. The lowest BCUT2D eigenvalue weighted by Crippen LogP contribution is -2.45. The molecule has 0 fully saturated rings. The van der Waals surface area contributed by atoms with Gasteiger partial charge in [0.25, 0.3) is 0 Å². The maximum atomic E-state index is 12.5. The Morgan fingerprint density at radius 1 is 0.410 bits per heavy atom. The van der Waals surface area contributed by atoms with E-state index in [0.29, 0.717) is 6.42 Å². The minimum Gasteiger partial charge on any atom is -0.394 e. The highest BCUT2D eigenvalue weighted by Crippen LogP contribution is 2.18. The van der Waals surface area contributed by atoms with Crippen molar-refractivity contribution < 1.29 is 20.1 Å². The summed E-state index contributed by atoms with van der Waals surface area (Å²) in [4.78, 5) is 12.5. The summed E-state index contributed by atoms with van der Waals surface area (Å²) in [5.74, 6) is -0.319. The number of rotatable bonds is 51. The molecule has 5 nitrogen and oxygen atoms in total. The number of aliphatic hydroxyl groups excluding tert-OH is 3. The third-order valence-corrected chi connectivity index (χ3v) is 13.0. The molecular formula is C56H109NO4. The molecule has 362 valence electrons. The summed E-state index contributed by atoms with van der Waals surface area (Å²) in [5, 5.41) is 33.4. The predicted octanol–water partition coefficient (Wildman–Crippen LogP) is 16.9. The summed E-state index contributed by atoms with van der Waals surface area (Å²) in [7, 11) is 0. The number of amides is 1. The first kappa shape index (κ1) is 59.8. The van der Waals surface area contributed by atoms with E-state index in [9.17, 15) is 20.1 Å². The summed E-state index contributed by atoms with van der Waals surface area (Å²) >= 11 is 0. The molecule has 1 amide bonds. The topological polar surface area (TPSA) is 89.8 Å². The third kappa shape index (κ3) is 48.1. The molecule has 0 heterocycles. The number of aliphatic hydroxyl groups is 3. The van der Waals surface area contributed by atoms with E-state index in [1.807, 2.05) is 6.08 Å². The first-order valence-corrected chi connectivity index (χ1v) is 27.6. The minimum absolute atomic E-state index is 0.0104. The van der Waals surface area contributed by atoms with Gasteiger partial charge in [-0.3, -0.25) is 4.79 Å². The van der Waals surface area contributed by atoms with Gasteiger partial charge in [0.05, 0.1) is 31.3 Å². The normalized spacial score (nSPS) is 13.5. The van der Waals surface area contributed by atoms with Crippen molar-refractivity contribution in [2.45, 2.75) is 321 Å². The second-order valence-corrected chi connectivity index (χ2v) is 19.2. The second-order valence-electron chi connectivity index (χ2n) is 19.2. The predicted molar refractivity (Wildman–Crippen MR) is 268 cm³/mol. The van der Waals surface area contributed by atoms with Gasteiger partial charge in [-0.05, 0) is 32.1 Å². The van der Waals surface area contributed by atoms with Crippen molar-refractivity contribution in [3.63, 3.8) is 0 Å². The van der Waals surface area contributed by atoms with Gasteiger partial charge < -0.3 is 20.6 Å². The second kappa shape index (κ2) is 51.5. The lowest BCUT2D eigenvalue weighted by molar-refractivity contribution is -0.124. The number of carbonyl (C=O) groups excluding carboxylic acids is 1. The Morgan fingerprint density at radius 3 is 1.05 bits per heavy atom. The molecule has 0 radical (unpaired) electrons. The fourth-order valence-electron chi connectivity index (χ4n) is 8.77. The molecule has 0 aromatic heterocycles. The van der Waals surface area contributed by atoms with Crippen LogP contribution in [0.3, 0.4) is 0 Å². The smallest absolute Gasteiger partial charge is 0.222 e. The molecule has 3 unspecified atom stereocenters. The molecule has 3 atom stereocenters. The van der Waals surface area contributed by atoms with Crippen molar-refractivity contribution >= 4 is 5.91 Å². The number of hydrogen-bond acceptors (Lipinski definition) is 4. The molecule has 0 rings (SSSR count).